The largest absolute Gasteiger partial charge is 0.356 e. The topological polar surface area (TPSA) is 56.7 Å². The number of halogens is 2. The van der Waals surface area contributed by atoms with E-state index in [2.05, 4.69) is 15.6 Å². The molecule has 8 heteroatoms. The van der Waals surface area contributed by atoms with Crippen LogP contribution in [0, 0.1) is 11.6 Å². The number of guanidine groups is 1. The zero-order chi connectivity index (χ0) is 19.8. The number of rotatable bonds is 7. The van der Waals surface area contributed by atoms with Gasteiger partial charge in [0.1, 0.15) is 18.2 Å². The standard InChI is InChI=1S/C19H24F2N4OS/c1-13(16-7-6-14(20)11-17(16)21)24-19(23-12-18(26)25(2)3)22-9-8-15-5-4-10-27-15/h4-7,10-11,13H,8-9,12H2,1-3H3,(H2,22,23,24). The van der Waals surface area contributed by atoms with Crippen LogP contribution < -0.4 is 10.6 Å². The molecule has 1 amide bonds. The summed E-state index contributed by atoms with van der Waals surface area (Å²) in [5.74, 6) is -0.992. The Morgan fingerprint density at radius 1 is 1.30 bits per heavy atom. The van der Waals surface area contributed by atoms with Crippen LogP contribution in [0.5, 0.6) is 0 Å². The van der Waals surface area contributed by atoms with Crippen LogP contribution in [0.1, 0.15) is 23.4 Å². The van der Waals surface area contributed by atoms with E-state index >= 15 is 0 Å². The van der Waals surface area contributed by atoms with Gasteiger partial charge in [-0.15, -0.1) is 11.3 Å². The van der Waals surface area contributed by atoms with Gasteiger partial charge in [-0.2, -0.15) is 0 Å². The summed E-state index contributed by atoms with van der Waals surface area (Å²) in [6.07, 6.45) is 0.805. The van der Waals surface area contributed by atoms with E-state index in [1.165, 1.54) is 21.9 Å². The third kappa shape index (κ3) is 6.63. The van der Waals surface area contributed by atoms with Crippen molar-refractivity contribution < 1.29 is 13.6 Å². The van der Waals surface area contributed by atoms with E-state index in [4.69, 9.17) is 0 Å². The Labute approximate surface area is 162 Å². The second-order valence-electron chi connectivity index (χ2n) is 6.24. The zero-order valence-electron chi connectivity index (χ0n) is 15.6. The minimum Gasteiger partial charge on any atom is -0.356 e. The molecule has 146 valence electrons. The molecule has 2 aromatic rings. The number of aliphatic imine (C=N–C) groups is 1. The zero-order valence-corrected chi connectivity index (χ0v) is 16.4. The molecule has 5 nitrogen and oxygen atoms in total. The van der Waals surface area contributed by atoms with Crippen LogP contribution in [0.3, 0.4) is 0 Å². The molecule has 0 saturated heterocycles. The van der Waals surface area contributed by atoms with Gasteiger partial charge in [0.15, 0.2) is 5.96 Å². The first-order chi connectivity index (χ1) is 12.9. The van der Waals surface area contributed by atoms with Gasteiger partial charge >= 0.3 is 0 Å². The SMILES string of the molecule is CC(NC(=NCC(=O)N(C)C)NCCc1cccs1)c1ccc(F)cc1F. The van der Waals surface area contributed by atoms with Crippen molar-refractivity contribution in [2.75, 3.05) is 27.2 Å². The first-order valence-electron chi connectivity index (χ1n) is 8.59. The molecule has 0 radical (unpaired) electrons. The Hall–Kier alpha value is -2.48. The number of hydrogen-bond acceptors (Lipinski definition) is 3. The summed E-state index contributed by atoms with van der Waals surface area (Å²) in [7, 11) is 3.32. The van der Waals surface area contributed by atoms with E-state index in [1.807, 2.05) is 17.5 Å². The molecular formula is C19H24F2N4OS. The van der Waals surface area contributed by atoms with Gasteiger partial charge in [0.25, 0.3) is 0 Å². The lowest BCUT2D eigenvalue weighted by Crippen LogP contribution is -2.40. The molecule has 2 N–H and O–H groups in total. The minimum atomic E-state index is -0.627. The molecule has 0 fully saturated rings. The van der Waals surface area contributed by atoms with Gasteiger partial charge in [0, 0.05) is 37.1 Å². The molecule has 0 bridgehead atoms. The van der Waals surface area contributed by atoms with Crippen molar-refractivity contribution in [2.45, 2.75) is 19.4 Å². The smallest absolute Gasteiger partial charge is 0.243 e. The van der Waals surface area contributed by atoms with Crippen molar-refractivity contribution in [3.63, 3.8) is 0 Å². The third-order valence-corrected chi connectivity index (χ3v) is 4.83. The lowest BCUT2D eigenvalue weighted by atomic mass is 10.1. The molecule has 0 aliphatic heterocycles. The molecule has 2 rings (SSSR count). The summed E-state index contributed by atoms with van der Waals surface area (Å²) in [5, 5.41) is 8.25. The van der Waals surface area contributed by atoms with Crippen LogP contribution >= 0.6 is 11.3 Å². The fourth-order valence-electron chi connectivity index (χ4n) is 2.34. The van der Waals surface area contributed by atoms with Crippen molar-refractivity contribution in [1.29, 1.82) is 0 Å². The molecule has 1 aromatic carbocycles. The fourth-order valence-corrected chi connectivity index (χ4v) is 3.04. The van der Waals surface area contributed by atoms with Crippen LogP contribution in [-0.4, -0.2) is 44.0 Å². The average molecular weight is 394 g/mol. The Bertz CT molecular complexity index is 778. The van der Waals surface area contributed by atoms with Gasteiger partial charge in [-0.1, -0.05) is 12.1 Å². The molecule has 1 aromatic heterocycles. The van der Waals surface area contributed by atoms with Gasteiger partial charge in [-0.25, -0.2) is 13.8 Å². The Balaban J connectivity index is 2.05. The minimum absolute atomic E-state index is 0.0278. The molecular weight excluding hydrogens is 370 g/mol. The summed E-state index contributed by atoms with van der Waals surface area (Å²) in [5.41, 5.74) is 0.322. The lowest BCUT2D eigenvalue weighted by Gasteiger charge is -2.19. The predicted octanol–water partition coefficient (Wildman–Crippen LogP) is 2.95. The quantitative estimate of drug-likeness (QED) is 0.561. The number of nitrogens with one attached hydrogen (secondary N) is 2. The van der Waals surface area contributed by atoms with E-state index in [0.717, 1.165) is 12.5 Å². The number of amides is 1. The monoisotopic (exact) mass is 394 g/mol. The molecule has 0 aliphatic carbocycles. The van der Waals surface area contributed by atoms with Gasteiger partial charge in [-0.05, 0) is 30.9 Å². The van der Waals surface area contributed by atoms with E-state index in [1.54, 1.807) is 32.4 Å². The van der Waals surface area contributed by atoms with Gasteiger partial charge in [0.2, 0.25) is 5.91 Å². The second kappa shape index (κ2) is 10.0. The number of hydrogen-bond donors (Lipinski definition) is 2. The summed E-state index contributed by atoms with van der Waals surface area (Å²) in [4.78, 5) is 18.8. The third-order valence-electron chi connectivity index (χ3n) is 3.90. The van der Waals surface area contributed by atoms with Crippen LogP contribution in [-0.2, 0) is 11.2 Å². The van der Waals surface area contributed by atoms with Crippen molar-refractivity contribution in [3.05, 3.63) is 57.8 Å². The van der Waals surface area contributed by atoms with Crippen molar-refractivity contribution in [3.8, 4) is 0 Å². The molecule has 27 heavy (non-hydrogen) atoms. The van der Waals surface area contributed by atoms with Crippen LogP contribution in [0.2, 0.25) is 0 Å². The van der Waals surface area contributed by atoms with Crippen molar-refractivity contribution in [1.82, 2.24) is 15.5 Å². The van der Waals surface area contributed by atoms with E-state index in [9.17, 15) is 13.6 Å². The molecule has 1 atom stereocenters. The Kier molecular flexibility index (Phi) is 7.72. The van der Waals surface area contributed by atoms with Crippen LogP contribution in [0.4, 0.5) is 8.78 Å². The first-order valence-corrected chi connectivity index (χ1v) is 9.47. The maximum absolute atomic E-state index is 14.0. The molecule has 1 unspecified atom stereocenters. The Morgan fingerprint density at radius 3 is 2.70 bits per heavy atom. The highest BCUT2D eigenvalue weighted by Gasteiger charge is 2.14. The number of carbonyl (C=O) groups is 1. The van der Waals surface area contributed by atoms with E-state index < -0.39 is 17.7 Å². The van der Waals surface area contributed by atoms with Crippen molar-refractivity contribution in [2.24, 2.45) is 4.99 Å². The fraction of sp³-hybridized carbons (Fsp3) is 0.368. The number of thiophene rings is 1. The maximum atomic E-state index is 14.0. The van der Waals surface area contributed by atoms with Gasteiger partial charge < -0.3 is 15.5 Å². The maximum Gasteiger partial charge on any atom is 0.243 e. The molecule has 0 spiro atoms. The van der Waals surface area contributed by atoms with E-state index in [-0.39, 0.29) is 12.5 Å². The normalized spacial score (nSPS) is 12.6. The van der Waals surface area contributed by atoms with Gasteiger partial charge in [-0.3, -0.25) is 4.79 Å². The molecule has 0 saturated carbocycles. The lowest BCUT2D eigenvalue weighted by molar-refractivity contribution is -0.127. The van der Waals surface area contributed by atoms with Crippen LogP contribution in [0.15, 0.2) is 40.7 Å². The number of benzene rings is 1. The summed E-state index contributed by atoms with van der Waals surface area (Å²) < 4.78 is 27.1. The molecule has 0 aliphatic rings. The number of nitrogens with zero attached hydrogens (tertiary/aromatic N) is 2. The Morgan fingerprint density at radius 2 is 2.07 bits per heavy atom. The summed E-state index contributed by atoms with van der Waals surface area (Å²) >= 11 is 1.66. The van der Waals surface area contributed by atoms with Crippen molar-refractivity contribution >= 4 is 23.2 Å². The predicted molar refractivity (Wildman–Crippen MR) is 105 cm³/mol. The highest BCUT2D eigenvalue weighted by atomic mass is 32.1. The van der Waals surface area contributed by atoms with E-state index in [0.29, 0.717) is 18.1 Å². The average Bonchev–Trinajstić information content (AvgIpc) is 3.12. The highest BCUT2D eigenvalue weighted by molar-refractivity contribution is 7.09. The second-order valence-corrected chi connectivity index (χ2v) is 7.27. The number of carbonyl (C=O) groups excluding carboxylic acids is 1. The van der Waals surface area contributed by atoms with Crippen LogP contribution in [0.25, 0.3) is 0 Å². The van der Waals surface area contributed by atoms with Gasteiger partial charge in [0.05, 0.1) is 6.04 Å². The summed E-state index contributed by atoms with van der Waals surface area (Å²) in [6, 6.07) is 7.05. The molecule has 1 heterocycles. The summed E-state index contributed by atoms with van der Waals surface area (Å²) in [6.45, 7) is 2.33. The first kappa shape index (κ1) is 20.8. The number of likely N-dealkylation sites (N-methyl/N-ethyl adjacent to an activating group) is 1. The highest BCUT2D eigenvalue weighted by Crippen LogP contribution is 2.17.